The molecule has 1 unspecified atom stereocenters. The van der Waals surface area contributed by atoms with Gasteiger partial charge < -0.3 is 9.47 Å². The zero-order valence-corrected chi connectivity index (χ0v) is 8.28. The lowest BCUT2D eigenvalue weighted by Crippen LogP contribution is -2.49. The van der Waals surface area contributed by atoms with Crippen molar-refractivity contribution in [2.75, 3.05) is 19.8 Å². The van der Waals surface area contributed by atoms with Crippen LogP contribution in [0.2, 0.25) is 0 Å². The van der Waals surface area contributed by atoms with Crippen LogP contribution in [-0.4, -0.2) is 38.3 Å². The lowest BCUT2D eigenvalue weighted by Gasteiger charge is -2.38. The van der Waals surface area contributed by atoms with Crippen molar-refractivity contribution in [1.82, 2.24) is 0 Å². The molecule has 1 rings (SSSR count). The Balaban J connectivity index is 2.50. The van der Waals surface area contributed by atoms with Gasteiger partial charge in [-0.2, -0.15) is 22.0 Å². The van der Waals surface area contributed by atoms with Crippen molar-refractivity contribution >= 4 is 0 Å². The van der Waals surface area contributed by atoms with Crippen LogP contribution in [-0.2, 0) is 9.47 Å². The average Bonchev–Trinajstić information content (AvgIpc) is 2.09. The number of halogens is 6. The van der Waals surface area contributed by atoms with Crippen molar-refractivity contribution in [3.05, 3.63) is 0 Å². The Morgan fingerprint density at radius 2 is 1.75 bits per heavy atom. The van der Waals surface area contributed by atoms with Gasteiger partial charge in [-0.05, 0) is 0 Å². The molecule has 2 nitrogen and oxygen atoms in total. The number of ether oxygens (including phenoxy) is 2. The summed E-state index contributed by atoms with van der Waals surface area (Å²) >= 11 is 0. The second-order valence-electron chi connectivity index (χ2n) is 4.06. The molecule has 0 radical (unpaired) electrons. The lowest BCUT2D eigenvalue weighted by molar-refractivity contribution is -0.347. The Hall–Kier alpha value is -0.500. The molecule has 1 aliphatic rings. The summed E-state index contributed by atoms with van der Waals surface area (Å²) in [7, 11) is 0. The molecular weight excluding hydrogens is 242 g/mol. The summed E-state index contributed by atoms with van der Waals surface area (Å²) < 4.78 is 81.2. The van der Waals surface area contributed by atoms with Gasteiger partial charge in [0.2, 0.25) is 0 Å². The van der Waals surface area contributed by atoms with Crippen molar-refractivity contribution in [1.29, 1.82) is 0 Å². The normalized spacial score (nSPS) is 22.7. The van der Waals surface area contributed by atoms with Gasteiger partial charge in [0.05, 0.1) is 19.8 Å². The van der Waals surface area contributed by atoms with Gasteiger partial charge in [0.25, 0.3) is 6.17 Å². The Kier molecular flexibility index (Phi) is 3.45. The summed E-state index contributed by atoms with van der Waals surface area (Å²) in [5.74, 6) is 0. The van der Waals surface area contributed by atoms with Gasteiger partial charge in [0, 0.05) is 5.41 Å². The fourth-order valence-electron chi connectivity index (χ4n) is 1.07. The molecule has 0 aliphatic carbocycles. The summed E-state index contributed by atoms with van der Waals surface area (Å²) in [6.07, 6.45) is -14.8. The Morgan fingerprint density at radius 1 is 1.25 bits per heavy atom. The Labute approximate surface area is 87.5 Å². The second kappa shape index (κ2) is 4.06. The van der Waals surface area contributed by atoms with Crippen molar-refractivity contribution < 1.29 is 35.8 Å². The predicted octanol–water partition coefficient (Wildman–Crippen LogP) is 2.53. The molecule has 0 spiro atoms. The fourth-order valence-corrected chi connectivity index (χ4v) is 1.07. The summed E-state index contributed by atoms with van der Waals surface area (Å²) in [6.45, 7) is 1.02. The van der Waals surface area contributed by atoms with Crippen LogP contribution in [0.1, 0.15) is 6.92 Å². The molecule has 16 heavy (non-hydrogen) atoms. The van der Waals surface area contributed by atoms with Crippen LogP contribution in [0.25, 0.3) is 0 Å². The van der Waals surface area contributed by atoms with E-state index in [1.165, 1.54) is 6.92 Å². The molecule has 8 heteroatoms. The maximum absolute atomic E-state index is 12.6. The van der Waals surface area contributed by atoms with E-state index in [2.05, 4.69) is 9.47 Å². The molecule has 0 aromatic heterocycles. The summed E-state index contributed by atoms with van der Waals surface area (Å²) in [5, 5.41) is 0. The van der Waals surface area contributed by atoms with Crippen LogP contribution in [0.4, 0.5) is 26.3 Å². The third-order valence-electron chi connectivity index (χ3n) is 2.10. The molecule has 1 saturated heterocycles. The standard InChI is InChI=1S/C8H10F6O2/c1-6(2-15-3-6)4-16-8(13,14)5(9)7(10,11)12/h5H,2-4H2,1H3. The zero-order valence-electron chi connectivity index (χ0n) is 8.28. The molecule has 0 amide bonds. The SMILES string of the molecule is CC1(COC(F)(F)C(F)C(F)(F)F)COC1. The fraction of sp³-hybridized carbons (Fsp3) is 1.00. The van der Waals surface area contributed by atoms with Gasteiger partial charge in [-0.1, -0.05) is 6.92 Å². The topological polar surface area (TPSA) is 18.5 Å². The molecule has 1 fully saturated rings. The van der Waals surface area contributed by atoms with Crippen LogP contribution in [0.5, 0.6) is 0 Å². The smallest absolute Gasteiger partial charge is 0.380 e. The van der Waals surface area contributed by atoms with Crippen molar-refractivity contribution in [3.8, 4) is 0 Å². The molecule has 96 valence electrons. The minimum Gasteiger partial charge on any atom is -0.380 e. The molecule has 1 aliphatic heterocycles. The van der Waals surface area contributed by atoms with E-state index in [1.807, 2.05) is 0 Å². The molecule has 0 saturated carbocycles. The number of rotatable bonds is 4. The summed E-state index contributed by atoms with van der Waals surface area (Å²) in [4.78, 5) is 0. The maximum atomic E-state index is 12.6. The summed E-state index contributed by atoms with van der Waals surface area (Å²) in [6, 6.07) is 0. The molecular formula is C8H10F6O2. The van der Waals surface area contributed by atoms with Gasteiger partial charge in [0.1, 0.15) is 0 Å². The highest BCUT2D eigenvalue weighted by molar-refractivity contribution is 4.82. The van der Waals surface area contributed by atoms with Crippen molar-refractivity contribution in [3.63, 3.8) is 0 Å². The maximum Gasteiger partial charge on any atom is 0.428 e. The Morgan fingerprint density at radius 3 is 2.06 bits per heavy atom. The first-order chi connectivity index (χ1) is 7.07. The van der Waals surface area contributed by atoms with E-state index in [0.717, 1.165) is 0 Å². The molecule has 0 aromatic rings. The average molecular weight is 252 g/mol. The molecule has 1 heterocycles. The van der Waals surface area contributed by atoms with Gasteiger partial charge in [-0.15, -0.1) is 0 Å². The third kappa shape index (κ3) is 3.00. The third-order valence-corrected chi connectivity index (χ3v) is 2.10. The minimum atomic E-state index is -5.64. The highest BCUT2D eigenvalue weighted by Gasteiger charge is 2.58. The zero-order chi connectivity index (χ0) is 12.6. The van der Waals surface area contributed by atoms with Gasteiger partial charge >= 0.3 is 12.3 Å². The minimum absolute atomic E-state index is 0.103. The summed E-state index contributed by atoms with van der Waals surface area (Å²) in [5.41, 5.74) is -0.769. The first kappa shape index (κ1) is 13.6. The van der Waals surface area contributed by atoms with Crippen LogP contribution in [0.3, 0.4) is 0 Å². The van der Waals surface area contributed by atoms with E-state index in [9.17, 15) is 26.3 Å². The van der Waals surface area contributed by atoms with E-state index in [4.69, 9.17) is 0 Å². The first-order valence-corrected chi connectivity index (χ1v) is 4.37. The van der Waals surface area contributed by atoms with Crippen molar-refractivity contribution in [2.24, 2.45) is 5.41 Å². The van der Waals surface area contributed by atoms with E-state index < -0.39 is 30.5 Å². The van der Waals surface area contributed by atoms with E-state index in [1.54, 1.807) is 0 Å². The highest BCUT2D eigenvalue weighted by Crippen LogP contribution is 2.37. The highest BCUT2D eigenvalue weighted by atomic mass is 19.4. The monoisotopic (exact) mass is 252 g/mol. The Bertz CT molecular complexity index is 247. The molecule has 0 N–H and O–H groups in total. The largest absolute Gasteiger partial charge is 0.428 e. The number of hydrogen-bond donors (Lipinski definition) is 0. The van der Waals surface area contributed by atoms with E-state index in [0.29, 0.717) is 0 Å². The quantitative estimate of drug-likeness (QED) is 0.716. The molecule has 1 atom stereocenters. The lowest BCUT2D eigenvalue weighted by atomic mass is 9.90. The van der Waals surface area contributed by atoms with Crippen LogP contribution < -0.4 is 0 Å². The number of alkyl halides is 6. The van der Waals surface area contributed by atoms with Crippen LogP contribution in [0.15, 0.2) is 0 Å². The van der Waals surface area contributed by atoms with Crippen LogP contribution >= 0.6 is 0 Å². The van der Waals surface area contributed by atoms with Crippen molar-refractivity contribution in [2.45, 2.75) is 25.4 Å². The van der Waals surface area contributed by atoms with E-state index in [-0.39, 0.29) is 13.2 Å². The van der Waals surface area contributed by atoms with E-state index >= 15 is 0 Å². The first-order valence-electron chi connectivity index (χ1n) is 4.37. The number of hydrogen-bond acceptors (Lipinski definition) is 2. The second-order valence-corrected chi connectivity index (χ2v) is 4.06. The van der Waals surface area contributed by atoms with Gasteiger partial charge in [-0.25, -0.2) is 4.39 Å². The van der Waals surface area contributed by atoms with Gasteiger partial charge in [-0.3, -0.25) is 0 Å². The van der Waals surface area contributed by atoms with Crippen LogP contribution in [0, 0.1) is 5.41 Å². The molecule has 0 bridgehead atoms. The predicted molar refractivity (Wildman–Crippen MR) is 40.8 cm³/mol. The van der Waals surface area contributed by atoms with Gasteiger partial charge in [0.15, 0.2) is 0 Å². The molecule has 0 aromatic carbocycles.